The lowest BCUT2D eigenvalue weighted by Crippen LogP contribution is -2.17. The normalized spacial score (nSPS) is 20.0. The summed E-state index contributed by atoms with van der Waals surface area (Å²) in [5, 5.41) is 0. The van der Waals surface area contributed by atoms with Gasteiger partial charge in [-0.05, 0) is 25.0 Å². The van der Waals surface area contributed by atoms with Crippen molar-refractivity contribution in [1.82, 2.24) is 0 Å². The van der Waals surface area contributed by atoms with E-state index in [9.17, 15) is 0 Å². The summed E-state index contributed by atoms with van der Waals surface area (Å²) >= 11 is 3.43. The van der Waals surface area contributed by atoms with Crippen LogP contribution in [0.15, 0.2) is 22.7 Å². The molecule has 2 N–H and O–H groups in total. The predicted molar refractivity (Wildman–Crippen MR) is 66.5 cm³/mol. The highest BCUT2D eigenvalue weighted by Gasteiger charge is 2.16. The van der Waals surface area contributed by atoms with E-state index >= 15 is 0 Å². The van der Waals surface area contributed by atoms with Gasteiger partial charge in [0, 0.05) is 23.2 Å². The first kappa shape index (κ1) is 11.9. The number of halogens is 1. The van der Waals surface area contributed by atoms with E-state index in [-0.39, 0.29) is 6.10 Å². The molecule has 2 rings (SSSR count). The number of ether oxygens (including phenoxy) is 2. The molecule has 0 radical (unpaired) electrons. The Morgan fingerprint density at radius 3 is 3.06 bits per heavy atom. The third-order valence-electron chi connectivity index (χ3n) is 2.70. The molecule has 0 aliphatic carbocycles. The molecule has 1 heterocycles. The Morgan fingerprint density at radius 1 is 1.50 bits per heavy atom. The smallest absolute Gasteiger partial charge is 0.125 e. The lowest BCUT2D eigenvalue weighted by Gasteiger charge is -2.14. The molecule has 0 amide bonds. The first-order chi connectivity index (χ1) is 7.79. The van der Waals surface area contributed by atoms with Crippen LogP contribution in [0.25, 0.3) is 0 Å². The third-order valence-corrected chi connectivity index (χ3v) is 3.19. The quantitative estimate of drug-likeness (QED) is 0.924. The highest BCUT2D eigenvalue weighted by atomic mass is 79.9. The topological polar surface area (TPSA) is 44.5 Å². The maximum Gasteiger partial charge on any atom is 0.125 e. The van der Waals surface area contributed by atoms with Crippen LogP contribution in [0.5, 0.6) is 5.75 Å². The van der Waals surface area contributed by atoms with Crippen LogP contribution in [0.1, 0.15) is 18.4 Å². The number of hydrogen-bond donors (Lipinski definition) is 1. The van der Waals surface area contributed by atoms with Crippen LogP contribution in [-0.4, -0.2) is 19.3 Å². The van der Waals surface area contributed by atoms with E-state index in [1.165, 1.54) is 0 Å². The minimum Gasteiger partial charge on any atom is -0.491 e. The summed E-state index contributed by atoms with van der Waals surface area (Å²) in [6.45, 7) is 1.97. The zero-order valence-corrected chi connectivity index (χ0v) is 10.7. The Morgan fingerprint density at radius 2 is 2.38 bits per heavy atom. The Balaban J connectivity index is 1.98. The first-order valence-corrected chi connectivity index (χ1v) is 6.32. The minimum absolute atomic E-state index is 0.240. The van der Waals surface area contributed by atoms with Gasteiger partial charge in [-0.1, -0.05) is 22.0 Å². The van der Waals surface area contributed by atoms with Crippen molar-refractivity contribution in [2.75, 3.05) is 13.2 Å². The zero-order valence-electron chi connectivity index (χ0n) is 9.12. The summed E-state index contributed by atoms with van der Waals surface area (Å²) in [6, 6.07) is 5.91. The standard InChI is InChI=1S/C12H16BrNO2/c13-10-4-3-9(7-14)12(6-10)16-8-11-2-1-5-15-11/h3-4,6,11H,1-2,5,7-8,14H2. The fourth-order valence-corrected chi connectivity index (χ4v) is 2.13. The fourth-order valence-electron chi connectivity index (χ4n) is 1.79. The summed E-state index contributed by atoms with van der Waals surface area (Å²) in [5.41, 5.74) is 6.69. The van der Waals surface area contributed by atoms with E-state index in [2.05, 4.69) is 15.9 Å². The second kappa shape index (κ2) is 5.66. The van der Waals surface area contributed by atoms with Gasteiger partial charge in [0.15, 0.2) is 0 Å². The van der Waals surface area contributed by atoms with Gasteiger partial charge in [-0.2, -0.15) is 0 Å². The molecule has 1 aromatic rings. The van der Waals surface area contributed by atoms with Crippen LogP contribution in [0, 0.1) is 0 Å². The maximum absolute atomic E-state index is 5.76. The second-order valence-corrected chi connectivity index (χ2v) is 4.82. The molecular weight excluding hydrogens is 270 g/mol. The highest BCUT2D eigenvalue weighted by molar-refractivity contribution is 9.10. The van der Waals surface area contributed by atoms with Gasteiger partial charge in [-0.3, -0.25) is 0 Å². The van der Waals surface area contributed by atoms with Crippen LogP contribution in [0.4, 0.5) is 0 Å². The Bertz CT molecular complexity index is 351. The summed E-state index contributed by atoms with van der Waals surface area (Å²) in [6.07, 6.45) is 2.46. The number of rotatable bonds is 4. The summed E-state index contributed by atoms with van der Waals surface area (Å²) < 4.78 is 12.3. The second-order valence-electron chi connectivity index (χ2n) is 3.90. The van der Waals surface area contributed by atoms with Crippen LogP contribution >= 0.6 is 15.9 Å². The van der Waals surface area contributed by atoms with Crippen LogP contribution in [-0.2, 0) is 11.3 Å². The van der Waals surface area contributed by atoms with Crippen LogP contribution < -0.4 is 10.5 Å². The molecule has 4 heteroatoms. The van der Waals surface area contributed by atoms with Gasteiger partial charge in [0.1, 0.15) is 12.4 Å². The molecular formula is C12H16BrNO2. The van der Waals surface area contributed by atoms with Crippen molar-refractivity contribution in [3.63, 3.8) is 0 Å². The van der Waals surface area contributed by atoms with Gasteiger partial charge < -0.3 is 15.2 Å². The van der Waals surface area contributed by atoms with Gasteiger partial charge in [-0.15, -0.1) is 0 Å². The molecule has 1 saturated heterocycles. The minimum atomic E-state index is 0.240. The number of benzene rings is 1. The number of nitrogens with two attached hydrogens (primary N) is 1. The van der Waals surface area contributed by atoms with Crippen molar-refractivity contribution >= 4 is 15.9 Å². The molecule has 1 fully saturated rings. The lowest BCUT2D eigenvalue weighted by molar-refractivity contribution is 0.0676. The SMILES string of the molecule is NCc1ccc(Br)cc1OCC1CCCO1. The Kier molecular flexibility index (Phi) is 4.21. The summed E-state index contributed by atoms with van der Waals surface area (Å²) in [4.78, 5) is 0. The zero-order chi connectivity index (χ0) is 11.4. The molecule has 1 aliphatic heterocycles. The molecule has 3 nitrogen and oxygen atoms in total. The maximum atomic E-state index is 5.76. The number of hydrogen-bond acceptors (Lipinski definition) is 3. The van der Waals surface area contributed by atoms with Crippen LogP contribution in [0.2, 0.25) is 0 Å². The fraction of sp³-hybridized carbons (Fsp3) is 0.500. The van der Waals surface area contributed by atoms with Gasteiger partial charge in [0.25, 0.3) is 0 Å². The molecule has 0 aromatic heterocycles. The van der Waals surface area contributed by atoms with Gasteiger partial charge >= 0.3 is 0 Å². The summed E-state index contributed by atoms with van der Waals surface area (Å²) in [5.74, 6) is 0.854. The van der Waals surface area contributed by atoms with E-state index in [4.69, 9.17) is 15.2 Å². The molecule has 1 atom stereocenters. The highest BCUT2D eigenvalue weighted by Crippen LogP contribution is 2.24. The molecule has 1 unspecified atom stereocenters. The van der Waals surface area contributed by atoms with E-state index in [1.807, 2.05) is 18.2 Å². The Labute approximate surface area is 104 Å². The van der Waals surface area contributed by atoms with Gasteiger partial charge in [-0.25, -0.2) is 0 Å². The summed E-state index contributed by atoms with van der Waals surface area (Å²) in [7, 11) is 0. The molecule has 0 spiro atoms. The van der Waals surface area contributed by atoms with Crippen LogP contribution in [0.3, 0.4) is 0 Å². The van der Waals surface area contributed by atoms with Gasteiger partial charge in [0.05, 0.1) is 6.10 Å². The molecule has 0 bridgehead atoms. The first-order valence-electron chi connectivity index (χ1n) is 5.52. The molecule has 0 saturated carbocycles. The van der Waals surface area contributed by atoms with E-state index < -0.39 is 0 Å². The molecule has 1 aromatic carbocycles. The van der Waals surface area contributed by atoms with Crippen molar-refractivity contribution in [2.24, 2.45) is 5.73 Å². The lowest BCUT2D eigenvalue weighted by atomic mass is 10.2. The largest absolute Gasteiger partial charge is 0.491 e. The predicted octanol–water partition coefficient (Wildman–Crippen LogP) is 2.47. The van der Waals surface area contributed by atoms with Crippen molar-refractivity contribution in [3.8, 4) is 5.75 Å². The van der Waals surface area contributed by atoms with E-state index in [0.717, 1.165) is 35.2 Å². The molecule has 88 valence electrons. The van der Waals surface area contributed by atoms with Crippen molar-refractivity contribution in [3.05, 3.63) is 28.2 Å². The average molecular weight is 286 g/mol. The van der Waals surface area contributed by atoms with E-state index in [1.54, 1.807) is 0 Å². The van der Waals surface area contributed by atoms with Crippen molar-refractivity contribution in [2.45, 2.75) is 25.5 Å². The van der Waals surface area contributed by atoms with Crippen molar-refractivity contribution in [1.29, 1.82) is 0 Å². The van der Waals surface area contributed by atoms with Crippen molar-refractivity contribution < 1.29 is 9.47 Å². The third kappa shape index (κ3) is 2.97. The average Bonchev–Trinajstić information content (AvgIpc) is 2.79. The molecule has 1 aliphatic rings. The molecule has 16 heavy (non-hydrogen) atoms. The van der Waals surface area contributed by atoms with E-state index in [0.29, 0.717) is 13.2 Å². The Hall–Kier alpha value is -0.580. The monoisotopic (exact) mass is 285 g/mol. The van der Waals surface area contributed by atoms with Gasteiger partial charge in [0.2, 0.25) is 0 Å².